The Labute approximate surface area is 74.0 Å². The van der Waals surface area contributed by atoms with E-state index >= 15 is 0 Å². The number of carbonyl (C=O) groups is 2. The standard InChI is InChI=1S/C9H5NO3/c10-5-6-1-3-7(4-2-6)8(11)9(12)13/h1-4H,(H,12,13)/i8+1. The average molecular weight is 176 g/mol. The van der Waals surface area contributed by atoms with Crippen molar-refractivity contribution in [1.29, 1.82) is 5.26 Å². The van der Waals surface area contributed by atoms with Crippen LogP contribution in [0.15, 0.2) is 24.3 Å². The zero-order valence-corrected chi connectivity index (χ0v) is 6.52. The number of Topliss-reactive ketones (excluding diaryl/α,β-unsaturated/α-hetero) is 1. The van der Waals surface area contributed by atoms with Crippen molar-refractivity contribution in [2.45, 2.75) is 0 Å². The average Bonchev–Trinajstić information content (AvgIpc) is 2.17. The lowest BCUT2D eigenvalue weighted by atomic mass is 10.2. The van der Waals surface area contributed by atoms with Crippen molar-refractivity contribution in [3.8, 4) is 6.07 Å². The Kier molecular flexibility index (Phi) is 2.41. The monoisotopic (exact) mass is 176 g/mol. The SMILES string of the molecule is N#Cc1ccc([13C](=O)C(=O)O)cc1. The Morgan fingerprint density at radius 3 is 2.15 bits per heavy atom. The number of carboxylic acids is 1. The van der Waals surface area contributed by atoms with Gasteiger partial charge >= 0.3 is 5.97 Å². The molecule has 0 saturated carbocycles. The Morgan fingerprint density at radius 1 is 1.23 bits per heavy atom. The van der Waals surface area contributed by atoms with E-state index < -0.39 is 11.8 Å². The minimum Gasteiger partial charge on any atom is -0.475 e. The summed E-state index contributed by atoms with van der Waals surface area (Å²) in [6.45, 7) is 0. The van der Waals surface area contributed by atoms with Gasteiger partial charge in [0.05, 0.1) is 11.6 Å². The summed E-state index contributed by atoms with van der Waals surface area (Å²) in [5.41, 5.74) is 0.466. The molecule has 0 aliphatic rings. The van der Waals surface area contributed by atoms with E-state index in [2.05, 4.69) is 0 Å². The molecule has 0 saturated heterocycles. The molecule has 0 aliphatic heterocycles. The van der Waals surface area contributed by atoms with Crippen LogP contribution < -0.4 is 0 Å². The highest BCUT2D eigenvalue weighted by molar-refractivity contribution is 6.39. The lowest BCUT2D eigenvalue weighted by Gasteiger charge is -1.94. The quantitative estimate of drug-likeness (QED) is 0.411. The number of ketones is 1. The minimum atomic E-state index is -1.50. The van der Waals surface area contributed by atoms with E-state index in [-0.39, 0.29) is 5.56 Å². The van der Waals surface area contributed by atoms with Gasteiger partial charge in [-0.05, 0) is 24.3 Å². The van der Waals surface area contributed by atoms with Crippen molar-refractivity contribution in [3.63, 3.8) is 0 Å². The fourth-order valence-corrected chi connectivity index (χ4v) is 0.820. The minimum absolute atomic E-state index is 0.0755. The van der Waals surface area contributed by atoms with Crippen LogP contribution in [-0.4, -0.2) is 16.9 Å². The van der Waals surface area contributed by atoms with E-state index in [9.17, 15) is 9.59 Å². The summed E-state index contributed by atoms with van der Waals surface area (Å²) in [4.78, 5) is 21.1. The lowest BCUT2D eigenvalue weighted by Crippen LogP contribution is -2.12. The van der Waals surface area contributed by atoms with Crippen molar-refractivity contribution in [3.05, 3.63) is 35.4 Å². The van der Waals surface area contributed by atoms with Crippen molar-refractivity contribution >= 4 is 11.8 Å². The van der Waals surface area contributed by atoms with Crippen LogP contribution in [0.4, 0.5) is 0 Å². The second-order valence-corrected chi connectivity index (χ2v) is 2.32. The summed E-state index contributed by atoms with van der Waals surface area (Å²) in [7, 11) is 0. The second-order valence-electron chi connectivity index (χ2n) is 2.32. The third-order valence-corrected chi connectivity index (χ3v) is 1.47. The number of carbonyl (C=O) groups excluding carboxylic acids is 1. The number of nitrogens with zero attached hydrogens (tertiary/aromatic N) is 1. The van der Waals surface area contributed by atoms with Crippen LogP contribution in [0.2, 0.25) is 0 Å². The number of rotatable bonds is 2. The molecule has 0 spiro atoms. The van der Waals surface area contributed by atoms with E-state index in [0.717, 1.165) is 0 Å². The maximum absolute atomic E-state index is 10.9. The lowest BCUT2D eigenvalue weighted by molar-refractivity contribution is -0.131. The Balaban J connectivity index is 3.01. The molecule has 0 radical (unpaired) electrons. The van der Waals surface area contributed by atoms with Crippen LogP contribution in [0.25, 0.3) is 0 Å². The predicted octanol–water partition coefficient (Wildman–Crippen LogP) is 0.826. The second kappa shape index (κ2) is 3.50. The van der Waals surface area contributed by atoms with Crippen molar-refractivity contribution < 1.29 is 14.7 Å². The van der Waals surface area contributed by atoms with Crippen molar-refractivity contribution in [2.24, 2.45) is 0 Å². The van der Waals surface area contributed by atoms with Gasteiger partial charge in [-0.3, -0.25) is 4.79 Å². The Bertz CT molecular complexity index is 386. The Morgan fingerprint density at radius 2 is 1.77 bits per heavy atom. The molecule has 0 unspecified atom stereocenters. The summed E-state index contributed by atoms with van der Waals surface area (Å²) in [6, 6.07) is 7.29. The van der Waals surface area contributed by atoms with Gasteiger partial charge in [0.1, 0.15) is 0 Å². The molecule has 0 heterocycles. The molecule has 0 aliphatic carbocycles. The molecular formula is C9H5NO3. The molecule has 64 valence electrons. The summed E-state index contributed by atoms with van der Waals surface area (Å²) in [6.07, 6.45) is 0. The van der Waals surface area contributed by atoms with Crippen LogP contribution in [0.1, 0.15) is 15.9 Å². The number of hydrogen-bond acceptors (Lipinski definition) is 3. The molecule has 4 nitrogen and oxygen atoms in total. The predicted molar refractivity (Wildman–Crippen MR) is 43.1 cm³/mol. The highest BCUT2D eigenvalue weighted by Crippen LogP contribution is 2.03. The highest BCUT2D eigenvalue weighted by atomic mass is 16.4. The first-order valence-corrected chi connectivity index (χ1v) is 3.43. The molecule has 1 aromatic rings. The first-order chi connectivity index (χ1) is 6.15. The van der Waals surface area contributed by atoms with Gasteiger partial charge in [-0.25, -0.2) is 4.79 Å². The van der Waals surface area contributed by atoms with Gasteiger partial charge in [0.2, 0.25) is 0 Å². The molecule has 0 atom stereocenters. The Hall–Kier alpha value is -2.15. The zero-order valence-electron chi connectivity index (χ0n) is 6.52. The topological polar surface area (TPSA) is 78.2 Å². The largest absolute Gasteiger partial charge is 0.475 e. The number of benzene rings is 1. The van der Waals surface area contributed by atoms with Gasteiger partial charge in [-0.1, -0.05) is 0 Å². The van der Waals surface area contributed by atoms with Gasteiger partial charge < -0.3 is 5.11 Å². The van der Waals surface area contributed by atoms with Crippen LogP contribution in [0.3, 0.4) is 0 Å². The molecule has 0 bridgehead atoms. The first kappa shape index (κ1) is 8.94. The first-order valence-electron chi connectivity index (χ1n) is 3.43. The molecule has 1 aromatic carbocycles. The van der Waals surface area contributed by atoms with Crippen molar-refractivity contribution in [2.75, 3.05) is 0 Å². The van der Waals surface area contributed by atoms with Crippen LogP contribution in [0, 0.1) is 11.3 Å². The summed E-state index contributed by atoms with van der Waals surface area (Å²) < 4.78 is 0. The van der Waals surface area contributed by atoms with Crippen molar-refractivity contribution in [1.82, 2.24) is 0 Å². The summed E-state index contributed by atoms with van der Waals surface area (Å²) >= 11 is 0. The third kappa shape index (κ3) is 1.91. The smallest absolute Gasteiger partial charge is 0.377 e. The molecular weight excluding hydrogens is 171 g/mol. The van der Waals surface area contributed by atoms with Crippen LogP contribution in [-0.2, 0) is 4.79 Å². The molecule has 13 heavy (non-hydrogen) atoms. The normalized spacial score (nSPS) is 8.85. The van der Waals surface area contributed by atoms with Crippen LogP contribution >= 0.6 is 0 Å². The van der Waals surface area contributed by atoms with Gasteiger partial charge in [-0.2, -0.15) is 5.26 Å². The fourth-order valence-electron chi connectivity index (χ4n) is 0.820. The number of carboxylic acid groups (broad SMARTS) is 1. The van der Waals surface area contributed by atoms with E-state index in [1.807, 2.05) is 6.07 Å². The zero-order chi connectivity index (χ0) is 9.84. The van der Waals surface area contributed by atoms with E-state index in [4.69, 9.17) is 10.4 Å². The third-order valence-electron chi connectivity index (χ3n) is 1.47. The highest BCUT2D eigenvalue weighted by Gasteiger charge is 2.13. The van der Waals surface area contributed by atoms with E-state index in [1.54, 1.807) is 0 Å². The maximum Gasteiger partial charge on any atom is 0.377 e. The van der Waals surface area contributed by atoms with Gasteiger partial charge in [0.25, 0.3) is 5.78 Å². The summed E-state index contributed by atoms with van der Waals surface area (Å²) in [5, 5.41) is 16.8. The molecule has 1 rings (SSSR count). The van der Waals surface area contributed by atoms with Gasteiger partial charge in [0, 0.05) is 5.56 Å². The molecule has 0 amide bonds. The number of aliphatic carboxylic acids is 1. The van der Waals surface area contributed by atoms with E-state index in [0.29, 0.717) is 5.56 Å². The molecule has 0 aromatic heterocycles. The molecule has 1 N–H and O–H groups in total. The van der Waals surface area contributed by atoms with Gasteiger partial charge in [-0.15, -0.1) is 0 Å². The van der Waals surface area contributed by atoms with Gasteiger partial charge in [0.15, 0.2) is 0 Å². The number of nitriles is 1. The van der Waals surface area contributed by atoms with E-state index in [1.165, 1.54) is 24.3 Å². The maximum atomic E-state index is 10.9. The molecule has 0 fully saturated rings. The number of hydrogen-bond donors (Lipinski definition) is 1. The van der Waals surface area contributed by atoms with Crippen LogP contribution in [0.5, 0.6) is 0 Å². The fraction of sp³-hybridized carbons (Fsp3) is 0. The summed E-state index contributed by atoms with van der Waals surface area (Å²) in [5.74, 6) is -2.46. The molecule has 4 heteroatoms.